The lowest BCUT2D eigenvalue weighted by Crippen LogP contribution is -2.69. The van der Waals surface area contributed by atoms with Crippen LogP contribution in [0.3, 0.4) is 0 Å². The summed E-state index contributed by atoms with van der Waals surface area (Å²) in [6.45, 7) is 4.19. The summed E-state index contributed by atoms with van der Waals surface area (Å²) in [5.74, 6) is -8.91. The molecule has 0 spiro atoms. The van der Waals surface area contributed by atoms with Gasteiger partial charge in [-0.2, -0.15) is 0 Å². The van der Waals surface area contributed by atoms with Crippen LogP contribution in [0.15, 0.2) is 11.6 Å². The van der Waals surface area contributed by atoms with E-state index in [1.807, 2.05) is 0 Å². The lowest BCUT2D eigenvalue weighted by molar-refractivity contribution is -0.492. The number of hydrogen-bond acceptors (Lipinski definition) is 8. The quantitative estimate of drug-likeness (QED) is 0.188. The first-order valence-electron chi connectivity index (χ1n) is 5.09. The summed E-state index contributed by atoms with van der Waals surface area (Å²) in [5, 5.41) is 54.5. The Kier molecular flexibility index (Phi) is 5.00. The zero-order valence-corrected chi connectivity index (χ0v) is 10.3. The first-order valence-corrected chi connectivity index (χ1v) is 5.09. The van der Waals surface area contributed by atoms with E-state index in [2.05, 4.69) is 4.74 Å². The Morgan fingerprint density at radius 3 is 1.67 bits per heavy atom. The first-order chi connectivity index (χ1) is 7.87. The van der Waals surface area contributed by atoms with Crippen LogP contribution in [-0.2, 0) is 9.53 Å². The van der Waals surface area contributed by atoms with Gasteiger partial charge in [0.15, 0.2) is 0 Å². The molecule has 0 aromatic rings. The Balaban J connectivity index is 5.51. The number of ether oxygens (including phenoxy) is 1. The normalized spacial score (nSPS) is 13.2. The molecule has 0 aromatic carbocycles. The Morgan fingerprint density at radius 1 is 1.06 bits per heavy atom. The van der Waals surface area contributed by atoms with Crippen molar-refractivity contribution in [2.45, 2.75) is 44.7 Å². The van der Waals surface area contributed by atoms with Gasteiger partial charge >= 0.3 is 17.9 Å². The van der Waals surface area contributed by atoms with Gasteiger partial charge in [0.2, 0.25) is 0 Å². The Hall–Kier alpha value is -1.03. The van der Waals surface area contributed by atoms with E-state index in [-0.39, 0.29) is 0 Å². The van der Waals surface area contributed by atoms with Gasteiger partial charge in [0.1, 0.15) is 0 Å². The van der Waals surface area contributed by atoms with E-state index in [1.54, 1.807) is 0 Å². The Bertz CT molecular complexity index is 315. The number of allylic oxidation sites excluding steroid dienone is 1. The van der Waals surface area contributed by atoms with Crippen LogP contribution in [0.2, 0.25) is 0 Å². The zero-order chi connectivity index (χ0) is 14.8. The molecular formula is C10H18O8. The molecule has 0 unspecified atom stereocenters. The number of aliphatic hydroxyl groups is 6. The van der Waals surface area contributed by atoms with E-state index >= 15 is 0 Å². The average molecular weight is 266 g/mol. The standard InChI is InChI=1S/C10H18O8/c1-4-8(9(12,13)14,10(15,16)17)18-7(11)5-6(2)3/h5,12-17H,4H2,1-3H3. The summed E-state index contributed by atoms with van der Waals surface area (Å²) >= 11 is 0. The molecule has 0 aliphatic rings. The molecule has 0 rings (SSSR count). The van der Waals surface area contributed by atoms with Gasteiger partial charge in [0.05, 0.1) is 0 Å². The SMILES string of the molecule is CCC(OC(=O)C=C(C)C)(C(O)(O)O)C(O)(O)O. The zero-order valence-electron chi connectivity index (χ0n) is 10.3. The maximum absolute atomic E-state index is 11.4. The summed E-state index contributed by atoms with van der Waals surface area (Å²) < 4.78 is 4.41. The van der Waals surface area contributed by atoms with E-state index in [4.69, 9.17) is 30.6 Å². The molecule has 18 heavy (non-hydrogen) atoms. The number of esters is 1. The Morgan fingerprint density at radius 2 is 1.44 bits per heavy atom. The summed E-state index contributed by atoms with van der Waals surface area (Å²) in [5.41, 5.74) is -2.66. The van der Waals surface area contributed by atoms with Crippen molar-refractivity contribution in [1.82, 2.24) is 0 Å². The van der Waals surface area contributed by atoms with Crippen LogP contribution in [0.5, 0.6) is 0 Å². The van der Waals surface area contributed by atoms with E-state index in [0.29, 0.717) is 5.57 Å². The van der Waals surface area contributed by atoms with Gasteiger partial charge in [-0.25, -0.2) is 4.79 Å². The van der Waals surface area contributed by atoms with E-state index in [0.717, 1.165) is 13.0 Å². The fourth-order valence-corrected chi connectivity index (χ4v) is 1.35. The van der Waals surface area contributed by atoms with Crippen LogP contribution >= 0.6 is 0 Å². The molecule has 6 N–H and O–H groups in total. The topological polar surface area (TPSA) is 148 Å². The van der Waals surface area contributed by atoms with E-state index < -0.39 is 29.9 Å². The first kappa shape index (κ1) is 17.0. The minimum Gasteiger partial charge on any atom is -0.438 e. The molecule has 0 aliphatic heterocycles. The smallest absolute Gasteiger partial charge is 0.331 e. The predicted molar refractivity (Wildman–Crippen MR) is 57.3 cm³/mol. The number of carbonyl (C=O) groups is 1. The second-order valence-electron chi connectivity index (χ2n) is 4.09. The molecule has 0 radical (unpaired) electrons. The molecule has 0 atom stereocenters. The van der Waals surface area contributed by atoms with Gasteiger partial charge in [-0.15, -0.1) is 0 Å². The number of rotatable bonds is 5. The molecule has 0 heterocycles. The fourth-order valence-electron chi connectivity index (χ4n) is 1.35. The molecule has 0 fully saturated rings. The fraction of sp³-hybridized carbons (Fsp3) is 0.700. The third-order valence-electron chi connectivity index (χ3n) is 2.26. The minimum absolute atomic E-state index is 0.476. The molecular weight excluding hydrogens is 248 g/mol. The van der Waals surface area contributed by atoms with Crippen LogP contribution < -0.4 is 0 Å². The third kappa shape index (κ3) is 3.48. The van der Waals surface area contributed by atoms with Gasteiger partial charge in [-0.05, 0) is 13.8 Å². The van der Waals surface area contributed by atoms with Gasteiger partial charge in [0.25, 0.3) is 5.60 Å². The summed E-state index contributed by atoms with van der Waals surface area (Å²) in [4.78, 5) is 11.4. The highest BCUT2D eigenvalue weighted by Crippen LogP contribution is 2.34. The molecule has 0 aromatic heterocycles. The van der Waals surface area contributed by atoms with Crippen LogP contribution in [0, 0.1) is 0 Å². The highest BCUT2D eigenvalue weighted by Gasteiger charge is 2.65. The van der Waals surface area contributed by atoms with Gasteiger partial charge in [0, 0.05) is 12.5 Å². The van der Waals surface area contributed by atoms with Gasteiger partial charge in [-0.3, -0.25) is 0 Å². The molecule has 0 bridgehead atoms. The van der Waals surface area contributed by atoms with Crippen molar-refractivity contribution in [2.24, 2.45) is 0 Å². The molecule has 106 valence electrons. The Labute approximate surface area is 103 Å². The molecule has 8 heteroatoms. The van der Waals surface area contributed by atoms with Gasteiger partial charge < -0.3 is 35.4 Å². The van der Waals surface area contributed by atoms with Crippen molar-refractivity contribution in [1.29, 1.82) is 0 Å². The van der Waals surface area contributed by atoms with Crippen LogP contribution in [0.25, 0.3) is 0 Å². The third-order valence-corrected chi connectivity index (χ3v) is 2.26. The highest BCUT2D eigenvalue weighted by atomic mass is 16.8. The van der Waals surface area contributed by atoms with Crippen molar-refractivity contribution in [3.63, 3.8) is 0 Å². The molecule has 0 amide bonds. The number of carbonyl (C=O) groups excluding carboxylic acids is 1. The molecule has 0 saturated heterocycles. The maximum atomic E-state index is 11.4. The summed E-state index contributed by atoms with van der Waals surface area (Å²) in [6, 6.07) is 0. The lowest BCUT2D eigenvalue weighted by atomic mass is 9.93. The predicted octanol–water partition coefficient (Wildman–Crippen LogP) is -2.09. The molecule has 8 nitrogen and oxygen atoms in total. The molecule has 0 saturated carbocycles. The van der Waals surface area contributed by atoms with Crippen LogP contribution in [-0.4, -0.2) is 54.2 Å². The maximum Gasteiger partial charge on any atom is 0.331 e. The minimum atomic E-state index is -3.86. The monoisotopic (exact) mass is 266 g/mol. The summed E-state index contributed by atoms with van der Waals surface area (Å²) in [7, 11) is 0. The highest BCUT2D eigenvalue weighted by molar-refractivity contribution is 5.83. The van der Waals surface area contributed by atoms with Crippen molar-refractivity contribution < 1.29 is 40.2 Å². The molecule has 0 aliphatic carbocycles. The lowest BCUT2D eigenvalue weighted by Gasteiger charge is -2.42. The van der Waals surface area contributed by atoms with Crippen molar-refractivity contribution in [2.75, 3.05) is 0 Å². The summed E-state index contributed by atoms with van der Waals surface area (Å²) in [6.07, 6.45) is 0.213. The second kappa shape index (κ2) is 5.31. The van der Waals surface area contributed by atoms with Gasteiger partial charge in [-0.1, -0.05) is 12.5 Å². The van der Waals surface area contributed by atoms with E-state index in [9.17, 15) is 4.79 Å². The largest absolute Gasteiger partial charge is 0.438 e. The second-order valence-corrected chi connectivity index (χ2v) is 4.09. The van der Waals surface area contributed by atoms with E-state index in [1.165, 1.54) is 13.8 Å². The number of hydrogen-bond donors (Lipinski definition) is 6. The van der Waals surface area contributed by atoms with Crippen LogP contribution in [0.1, 0.15) is 27.2 Å². The van der Waals surface area contributed by atoms with Crippen molar-refractivity contribution in [3.8, 4) is 0 Å². The van der Waals surface area contributed by atoms with Crippen molar-refractivity contribution >= 4 is 5.97 Å². The van der Waals surface area contributed by atoms with Crippen LogP contribution in [0.4, 0.5) is 0 Å². The van der Waals surface area contributed by atoms with Crippen molar-refractivity contribution in [3.05, 3.63) is 11.6 Å². The average Bonchev–Trinajstić information content (AvgIpc) is 2.08.